The van der Waals surface area contributed by atoms with Gasteiger partial charge in [-0.2, -0.15) is 0 Å². The number of hydrogen-bond acceptors (Lipinski definition) is 6. The van der Waals surface area contributed by atoms with Crippen LogP contribution in [0.4, 0.5) is 0 Å². The Morgan fingerprint density at radius 3 is 2.23 bits per heavy atom. The molecule has 0 radical (unpaired) electrons. The standard InChI is InChI=1S/C6H11IO6/c7-13-6-5(11)4(10)3(9)2(1-8)12-6/h2-6,8-11H,1H2. The van der Waals surface area contributed by atoms with E-state index >= 15 is 0 Å². The Balaban J connectivity index is 2.66. The molecule has 0 saturated carbocycles. The molecule has 1 saturated heterocycles. The van der Waals surface area contributed by atoms with Crippen molar-refractivity contribution >= 4 is 23.0 Å². The van der Waals surface area contributed by atoms with Crippen LogP contribution in [-0.2, 0) is 7.80 Å². The molecule has 78 valence electrons. The molecular weight excluding hydrogens is 295 g/mol. The zero-order valence-electron chi connectivity index (χ0n) is 6.58. The molecule has 13 heavy (non-hydrogen) atoms. The van der Waals surface area contributed by atoms with Gasteiger partial charge in [0.05, 0.1) is 6.61 Å². The Kier molecular flexibility index (Phi) is 4.29. The summed E-state index contributed by atoms with van der Waals surface area (Å²) in [6.45, 7) is -0.443. The van der Waals surface area contributed by atoms with Gasteiger partial charge in [0.15, 0.2) is 6.29 Å². The van der Waals surface area contributed by atoms with Crippen LogP contribution < -0.4 is 0 Å². The molecule has 1 rings (SSSR count). The fraction of sp³-hybridized carbons (Fsp3) is 1.00. The van der Waals surface area contributed by atoms with E-state index in [1.54, 1.807) is 0 Å². The van der Waals surface area contributed by atoms with Crippen molar-refractivity contribution in [2.24, 2.45) is 0 Å². The highest BCUT2D eigenvalue weighted by Crippen LogP contribution is 2.22. The van der Waals surface area contributed by atoms with Gasteiger partial charge in [-0.05, 0) is 0 Å². The summed E-state index contributed by atoms with van der Waals surface area (Å²) in [5.74, 6) is 0. The van der Waals surface area contributed by atoms with Crippen LogP contribution in [-0.4, -0.2) is 57.7 Å². The first-order chi connectivity index (χ1) is 6.11. The minimum atomic E-state index is -1.37. The molecule has 5 unspecified atom stereocenters. The van der Waals surface area contributed by atoms with Crippen molar-refractivity contribution in [1.29, 1.82) is 0 Å². The molecule has 6 nitrogen and oxygen atoms in total. The van der Waals surface area contributed by atoms with Gasteiger partial charge in [-0.15, -0.1) is 0 Å². The monoisotopic (exact) mass is 306 g/mol. The van der Waals surface area contributed by atoms with Crippen LogP contribution >= 0.6 is 23.0 Å². The Hall–Kier alpha value is 0.490. The molecule has 0 aromatic heterocycles. The average Bonchev–Trinajstić information content (AvgIpc) is 2.15. The molecule has 7 heteroatoms. The van der Waals surface area contributed by atoms with Crippen LogP contribution in [0.1, 0.15) is 0 Å². The highest BCUT2D eigenvalue weighted by atomic mass is 127. The van der Waals surface area contributed by atoms with Gasteiger partial charge in [-0.1, -0.05) is 0 Å². The van der Waals surface area contributed by atoms with Gasteiger partial charge >= 0.3 is 0 Å². The smallest absolute Gasteiger partial charge is 0.197 e. The van der Waals surface area contributed by atoms with E-state index in [2.05, 4.69) is 3.07 Å². The third-order valence-electron chi connectivity index (χ3n) is 1.94. The summed E-state index contributed by atoms with van der Waals surface area (Å²) in [6, 6.07) is 0. The van der Waals surface area contributed by atoms with E-state index in [0.717, 1.165) is 0 Å². The normalized spacial score (nSPS) is 46.4. The first-order valence-corrected chi connectivity index (χ1v) is 4.57. The Morgan fingerprint density at radius 1 is 1.15 bits per heavy atom. The lowest BCUT2D eigenvalue weighted by Gasteiger charge is -2.38. The van der Waals surface area contributed by atoms with Crippen molar-refractivity contribution < 1.29 is 28.2 Å². The summed E-state index contributed by atoms with van der Waals surface area (Å²) >= 11 is 1.51. The van der Waals surface area contributed by atoms with Crippen molar-refractivity contribution in [3.05, 3.63) is 0 Å². The van der Waals surface area contributed by atoms with Crippen molar-refractivity contribution in [3.8, 4) is 0 Å². The second-order valence-electron chi connectivity index (χ2n) is 2.79. The third-order valence-corrected chi connectivity index (χ3v) is 2.44. The Labute approximate surface area is 88.8 Å². The molecule has 1 fully saturated rings. The van der Waals surface area contributed by atoms with E-state index in [1.165, 1.54) is 23.0 Å². The molecule has 0 aliphatic carbocycles. The fourth-order valence-electron chi connectivity index (χ4n) is 1.14. The highest BCUT2D eigenvalue weighted by molar-refractivity contribution is 14.1. The number of rotatable bonds is 2. The largest absolute Gasteiger partial charge is 0.394 e. The molecule has 1 aliphatic heterocycles. The van der Waals surface area contributed by atoms with Crippen LogP contribution in [0.15, 0.2) is 0 Å². The lowest BCUT2D eigenvalue weighted by atomic mass is 10.00. The van der Waals surface area contributed by atoms with Gasteiger partial charge in [0.25, 0.3) is 0 Å². The molecule has 0 spiro atoms. The zero-order chi connectivity index (χ0) is 10.0. The quantitative estimate of drug-likeness (QED) is 0.447. The van der Waals surface area contributed by atoms with Crippen molar-refractivity contribution in [1.82, 2.24) is 0 Å². The lowest BCUT2D eigenvalue weighted by molar-refractivity contribution is -0.269. The average molecular weight is 306 g/mol. The Morgan fingerprint density at radius 2 is 1.77 bits per heavy atom. The maximum atomic E-state index is 9.27. The van der Waals surface area contributed by atoms with E-state index in [0.29, 0.717) is 0 Å². The van der Waals surface area contributed by atoms with Crippen molar-refractivity contribution in [2.75, 3.05) is 6.61 Å². The molecule has 0 aromatic carbocycles. The number of aliphatic hydroxyl groups is 4. The summed E-state index contributed by atoms with van der Waals surface area (Å²) in [7, 11) is 0. The molecule has 1 aliphatic rings. The van der Waals surface area contributed by atoms with Gasteiger partial charge < -0.3 is 25.2 Å². The molecule has 0 amide bonds. The second-order valence-corrected chi connectivity index (χ2v) is 3.29. The molecular formula is C6H11IO6. The first kappa shape index (κ1) is 11.6. The fourth-order valence-corrected chi connectivity index (χ4v) is 1.56. The molecule has 0 bridgehead atoms. The zero-order valence-corrected chi connectivity index (χ0v) is 8.73. The van der Waals surface area contributed by atoms with Crippen LogP contribution in [0.3, 0.4) is 0 Å². The maximum absolute atomic E-state index is 9.27. The molecule has 5 atom stereocenters. The van der Waals surface area contributed by atoms with E-state index in [4.69, 9.17) is 9.84 Å². The van der Waals surface area contributed by atoms with E-state index in [-0.39, 0.29) is 0 Å². The molecule has 1 heterocycles. The number of aliphatic hydroxyl groups excluding tert-OH is 4. The number of ether oxygens (including phenoxy) is 1. The van der Waals surface area contributed by atoms with Crippen molar-refractivity contribution in [2.45, 2.75) is 30.7 Å². The summed E-state index contributed by atoms with van der Waals surface area (Å²) in [4.78, 5) is 0. The van der Waals surface area contributed by atoms with E-state index in [9.17, 15) is 15.3 Å². The Bertz CT molecular complexity index is 147. The van der Waals surface area contributed by atoms with Crippen LogP contribution in [0, 0.1) is 0 Å². The van der Waals surface area contributed by atoms with Crippen LogP contribution in [0.5, 0.6) is 0 Å². The topological polar surface area (TPSA) is 99.4 Å². The minimum absolute atomic E-state index is 0.443. The predicted octanol–water partition coefficient (Wildman–Crippen LogP) is -1.85. The first-order valence-electron chi connectivity index (χ1n) is 3.69. The van der Waals surface area contributed by atoms with Crippen LogP contribution in [0.25, 0.3) is 0 Å². The van der Waals surface area contributed by atoms with E-state index < -0.39 is 37.3 Å². The molecule has 0 aromatic rings. The second kappa shape index (κ2) is 4.82. The maximum Gasteiger partial charge on any atom is 0.197 e. The highest BCUT2D eigenvalue weighted by Gasteiger charge is 2.43. The lowest BCUT2D eigenvalue weighted by Crippen LogP contribution is -2.58. The van der Waals surface area contributed by atoms with Crippen molar-refractivity contribution in [3.63, 3.8) is 0 Å². The van der Waals surface area contributed by atoms with Gasteiger partial charge in [-0.25, -0.2) is 0 Å². The number of hydrogen-bond donors (Lipinski definition) is 4. The summed E-state index contributed by atoms with van der Waals surface area (Å²) in [5, 5.41) is 36.6. The third kappa shape index (κ3) is 2.29. The van der Waals surface area contributed by atoms with Gasteiger partial charge in [0.1, 0.15) is 47.4 Å². The minimum Gasteiger partial charge on any atom is -0.394 e. The SMILES string of the molecule is OCC1OC(OI)C(O)C(O)C1O. The van der Waals surface area contributed by atoms with E-state index in [1.807, 2.05) is 0 Å². The summed E-state index contributed by atoms with van der Waals surface area (Å²) in [6.07, 6.45) is -5.95. The van der Waals surface area contributed by atoms with Gasteiger partial charge in [0.2, 0.25) is 0 Å². The molecule has 4 N–H and O–H groups in total. The summed E-state index contributed by atoms with van der Waals surface area (Å²) in [5.41, 5.74) is 0. The summed E-state index contributed by atoms with van der Waals surface area (Å²) < 4.78 is 9.61. The van der Waals surface area contributed by atoms with Crippen LogP contribution in [0.2, 0.25) is 0 Å². The van der Waals surface area contributed by atoms with Gasteiger partial charge in [-0.3, -0.25) is 3.07 Å². The van der Waals surface area contributed by atoms with Gasteiger partial charge in [0, 0.05) is 0 Å². The number of halogens is 1. The predicted molar refractivity (Wildman–Crippen MR) is 48.9 cm³/mol.